The predicted octanol–water partition coefficient (Wildman–Crippen LogP) is 2.92. The zero-order chi connectivity index (χ0) is 9.56. The molecule has 0 saturated carbocycles. The maximum Gasteiger partial charge on any atom is 0.0641 e. The van der Waals surface area contributed by atoms with E-state index >= 15 is 0 Å². The molecule has 0 amide bonds. The summed E-state index contributed by atoms with van der Waals surface area (Å²) in [7, 11) is 0. The Morgan fingerprint density at radius 3 is 2.50 bits per heavy atom. The van der Waals surface area contributed by atoms with Crippen LogP contribution < -0.4 is 0 Å². The van der Waals surface area contributed by atoms with Gasteiger partial charge in [0.1, 0.15) is 0 Å². The molecule has 0 heterocycles. The van der Waals surface area contributed by atoms with Crippen molar-refractivity contribution in [3.8, 4) is 0 Å². The zero-order valence-electron chi connectivity index (χ0n) is 8.43. The maximum atomic E-state index is 8.80. The van der Waals surface area contributed by atoms with Crippen molar-refractivity contribution in [2.45, 2.75) is 33.6 Å². The summed E-state index contributed by atoms with van der Waals surface area (Å²) < 4.78 is 0. The van der Waals surface area contributed by atoms with Crippen LogP contribution in [0.4, 0.5) is 0 Å². The Bertz CT molecular complexity index is 164. The quantitative estimate of drug-likeness (QED) is 0.626. The first-order chi connectivity index (χ1) is 5.57. The minimum Gasteiger partial charge on any atom is -0.392 e. The number of hydrogen-bond donors (Lipinski definition) is 1. The van der Waals surface area contributed by atoms with Crippen molar-refractivity contribution in [2.75, 3.05) is 6.61 Å². The lowest BCUT2D eigenvalue weighted by Crippen LogP contribution is -2.01. The molecule has 0 aliphatic rings. The highest BCUT2D eigenvalue weighted by atomic mass is 16.3. The molecule has 0 aliphatic heterocycles. The van der Waals surface area contributed by atoms with E-state index in [0.717, 1.165) is 18.4 Å². The summed E-state index contributed by atoms with van der Waals surface area (Å²) in [5.41, 5.74) is 2.30. The summed E-state index contributed by atoms with van der Waals surface area (Å²) in [6.45, 7) is 10.2. The van der Waals surface area contributed by atoms with Crippen molar-refractivity contribution < 1.29 is 5.11 Å². The van der Waals surface area contributed by atoms with Gasteiger partial charge in [-0.3, -0.25) is 0 Å². The Balaban J connectivity index is 3.64. The third-order valence-corrected chi connectivity index (χ3v) is 2.05. The van der Waals surface area contributed by atoms with E-state index < -0.39 is 0 Å². The first-order valence-electron chi connectivity index (χ1n) is 4.49. The Hall–Kier alpha value is -0.560. The Morgan fingerprint density at radius 2 is 2.08 bits per heavy atom. The van der Waals surface area contributed by atoms with Crippen LogP contribution in [0, 0.1) is 5.92 Å². The average Bonchev–Trinajstić information content (AvgIpc) is 2.02. The van der Waals surface area contributed by atoms with Gasteiger partial charge >= 0.3 is 0 Å². The second-order valence-corrected chi connectivity index (χ2v) is 3.58. The molecule has 0 aromatic carbocycles. The molecular formula is C11H20O. The summed E-state index contributed by atoms with van der Waals surface area (Å²) >= 11 is 0. The van der Waals surface area contributed by atoms with Crippen molar-refractivity contribution >= 4 is 0 Å². The predicted molar refractivity (Wildman–Crippen MR) is 54.1 cm³/mol. The monoisotopic (exact) mass is 168 g/mol. The van der Waals surface area contributed by atoms with Crippen molar-refractivity contribution in [1.82, 2.24) is 0 Å². The highest BCUT2D eigenvalue weighted by Gasteiger charge is 2.03. The molecule has 1 atom stereocenters. The SMILES string of the molecule is C=C(CO)C(C)CCC=C(C)C. The lowest BCUT2D eigenvalue weighted by atomic mass is 9.97. The van der Waals surface area contributed by atoms with Crippen LogP contribution in [0.1, 0.15) is 33.6 Å². The van der Waals surface area contributed by atoms with Gasteiger partial charge in [-0.25, -0.2) is 0 Å². The Labute approximate surface area is 75.8 Å². The third-order valence-electron chi connectivity index (χ3n) is 2.05. The summed E-state index contributed by atoms with van der Waals surface area (Å²) in [4.78, 5) is 0. The first-order valence-corrected chi connectivity index (χ1v) is 4.49. The zero-order valence-corrected chi connectivity index (χ0v) is 8.43. The Kier molecular flexibility index (Phi) is 5.73. The fourth-order valence-corrected chi connectivity index (χ4v) is 0.982. The third kappa shape index (κ3) is 5.14. The summed E-state index contributed by atoms with van der Waals surface area (Å²) in [6.07, 6.45) is 4.40. The molecule has 0 saturated heterocycles. The normalized spacial score (nSPS) is 12.3. The van der Waals surface area contributed by atoms with E-state index in [4.69, 9.17) is 5.11 Å². The van der Waals surface area contributed by atoms with E-state index in [2.05, 4.69) is 33.4 Å². The van der Waals surface area contributed by atoms with Gasteiger partial charge in [-0.05, 0) is 38.2 Å². The molecule has 0 aliphatic carbocycles. The summed E-state index contributed by atoms with van der Waals surface area (Å²) in [6, 6.07) is 0. The topological polar surface area (TPSA) is 20.2 Å². The van der Waals surface area contributed by atoms with Crippen LogP contribution in [-0.2, 0) is 0 Å². The van der Waals surface area contributed by atoms with Crippen LogP contribution in [0.25, 0.3) is 0 Å². The van der Waals surface area contributed by atoms with Crippen LogP contribution >= 0.6 is 0 Å². The summed E-state index contributed by atoms with van der Waals surface area (Å²) in [5, 5.41) is 8.80. The Morgan fingerprint density at radius 1 is 1.50 bits per heavy atom. The highest BCUT2D eigenvalue weighted by Crippen LogP contribution is 2.14. The van der Waals surface area contributed by atoms with Crippen molar-refractivity contribution in [2.24, 2.45) is 5.92 Å². The van der Waals surface area contributed by atoms with Crippen LogP contribution in [-0.4, -0.2) is 11.7 Å². The van der Waals surface area contributed by atoms with E-state index in [1.807, 2.05) is 0 Å². The van der Waals surface area contributed by atoms with Crippen LogP contribution in [0.3, 0.4) is 0 Å². The molecule has 1 unspecified atom stereocenters. The molecule has 0 fully saturated rings. The van der Waals surface area contributed by atoms with Crippen molar-refractivity contribution in [1.29, 1.82) is 0 Å². The molecule has 0 aromatic rings. The van der Waals surface area contributed by atoms with Gasteiger partial charge in [0, 0.05) is 0 Å². The van der Waals surface area contributed by atoms with Crippen molar-refractivity contribution in [3.63, 3.8) is 0 Å². The van der Waals surface area contributed by atoms with Crippen LogP contribution in [0.2, 0.25) is 0 Å². The van der Waals surface area contributed by atoms with Gasteiger partial charge in [0.15, 0.2) is 0 Å². The average molecular weight is 168 g/mol. The molecule has 0 spiro atoms. The highest BCUT2D eigenvalue weighted by molar-refractivity contribution is 5.00. The molecule has 0 aromatic heterocycles. The molecule has 1 N–H and O–H groups in total. The molecule has 1 heteroatoms. The van der Waals surface area contributed by atoms with Gasteiger partial charge in [-0.15, -0.1) is 0 Å². The lowest BCUT2D eigenvalue weighted by molar-refractivity contribution is 0.314. The maximum absolute atomic E-state index is 8.80. The second-order valence-electron chi connectivity index (χ2n) is 3.58. The first kappa shape index (κ1) is 11.4. The standard InChI is InChI=1S/C11H20O/c1-9(2)6-5-7-10(3)11(4)8-12/h6,10,12H,4-5,7-8H2,1-3H3. The number of hydrogen-bond acceptors (Lipinski definition) is 1. The molecule has 0 radical (unpaired) electrons. The van der Waals surface area contributed by atoms with Gasteiger partial charge < -0.3 is 5.11 Å². The minimum absolute atomic E-state index is 0.121. The van der Waals surface area contributed by atoms with Gasteiger partial charge in [-0.1, -0.05) is 25.2 Å². The smallest absolute Gasteiger partial charge is 0.0641 e. The van der Waals surface area contributed by atoms with Crippen molar-refractivity contribution in [3.05, 3.63) is 23.8 Å². The number of aliphatic hydroxyl groups excluding tert-OH is 1. The van der Waals surface area contributed by atoms with E-state index in [1.165, 1.54) is 5.57 Å². The van der Waals surface area contributed by atoms with E-state index in [1.54, 1.807) is 0 Å². The van der Waals surface area contributed by atoms with Gasteiger partial charge in [0.2, 0.25) is 0 Å². The van der Waals surface area contributed by atoms with Gasteiger partial charge in [0.25, 0.3) is 0 Å². The molecular weight excluding hydrogens is 148 g/mol. The minimum atomic E-state index is 0.121. The molecule has 12 heavy (non-hydrogen) atoms. The molecule has 0 bridgehead atoms. The fourth-order valence-electron chi connectivity index (χ4n) is 0.982. The van der Waals surface area contributed by atoms with Crippen LogP contribution in [0.5, 0.6) is 0 Å². The molecule has 1 nitrogen and oxygen atoms in total. The van der Waals surface area contributed by atoms with Gasteiger partial charge in [0.05, 0.1) is 6.61 Å². The fraction of sp³-hybridized carbons (Fsp3) is 0.636. The number of allylic oxidation sites excluding steroid dienone is 2. The molecule has 70 valence electrons. The van der Waals surface area contributed by atoms with E-state index in [0.29, 0.717) is 5.92 Å². The molecule has 0 rings (SSSR count). The largest absolute Gasteiger partial charge is 0.392 e. The lowest BCUT2D eigenvalue weighted by Gasteiger charge is -2.10. The van der Waals surface area contributed by atoms with E-state index in [9.17, 15) is 0 Å². The number of rotatable bonds is 5. The number of aliphatic hydroxyl groups is 1. The summed E-state index contributed by atoms with van der Waals surface area (Å²) in [5.74, 6) is 0.436. The second kappa shape index (κ2) is 6.01. The van der Waals surface area contributed by atoms with Crippen LogP contribution in [0.15, 0.2) is 23.8 Å². The van der Waals surface area contributed by atoms with E-state index in [-0.39, 0.29) is 6.61 Å². The van der Waals surface area contributed by atoms with Gasteiger partial charge in [-0.2, -0.15) is 0 Å².